The van der Waals surface area contributed by atoms with Gasteiger partial charge in [-0.25, -0.2) is 0 Å². The molecule has 0 saturated carbocycles. The summed E-state index contributed by atoms with van der Waals surface area (Å²) in [6.07, 6.45) is 5.78. The largest absolute Gasteiger partial charge is 0.310 e. The van der Waals surface area contributed by atoms with Crippen molar-refractivity contribution in [3.8, 4) is 0 Å². The molecular weight excluding hydrogens is 186 g/mol. The van der Waals surface area contributed by atoms with E-state index in [2.05, 4.69) is 42.1 Å². The van der Waals surface area contributed by atoms with Gasteiger partial charge in [0.25, 0.3) is 0 Å². The van der Waals surface area contributed by atoms with Crippen LogP contribution in [0.5, 0.6) is 0 Å². The van der Waals surface area contributed by atoms with Crippen LogP contribution in [0.3, 0.4) is 0 Å². The van der Waals surface area contributed by atoms with Crippen LogP contribution in [0.25, 0.3) is 0 Å². The van der Waals surface area contributed by atoms with Crippen molar-refractivity contribution < 1.29 is 0 Å². The number of hydrogen-bond donors (Lipinski definition) is 1. The Morgan fingerprint density at radius 2 is 2.40 bits per heavy atom. The highest BCUT2D eigenvalue weighted by Crippen LogP contribution is 2.30. The van der Waals surface area contributed by atoms with Crippen molar-refractivity contribution in [3.05, 3.63) is 17.5 Å². The first-order chi connectivity index (χ1) is 7.24. The Kier molecular flexibility index (Phi) is 3.10. The normalized spacial score (nSPS) is 20.7. The zero-order valence-electron chi connectivity index (χ0n) is 9.95. The average molecular weight is 207 g/mol. The Morgan fingerprint density at radius 3 is 3.07 bits per heavy atom. The summed E-state index contributed by atoms with van der Waals surface area (Å²) < 4.78 is 2.18. The van der Waals surface area contributed by atoms with E-state index in [4.69, 9.17) is 0 Å². The minimum absolute atomic E-state index is 0.481. The Morgan fingerprint density at radius 1 is 1.60 bits per heavy atom. The van der Waals surface area contributed by atoms with Crippen molar-refractivity contribution >= 4 is 0 Å². The summed E-state index contributed by atoms with van der Waals surface area (Å²) in [5, 5.41) is 8.05. The molecule has 1 aliphatic carbocycles. The highest BCUT2D eigenvalue weighted by molar-refractivity contribution is 5.25. The predicted molar refractivity (Wildman–Crippen MR) is 62.0 cm³/mol. The molecular formula is C12H21N3. The van der Waals surface area contributed by atoms with Crippen LogP contribution in [0.15, 0.2) is 6.20 Å². The van der Waals surface area contributed by atoms with Gasteiger partial charge in [0.05, 0.1) is 6.20 Å². The molecule has 0 fully saturated rings. The van der Waals surface area contributed by atoms with Crippen molar-refractivity contribution in [1.29, 1.82) is 0 Å². The first-order valence-corrected chi connectivity index (χ1v) is 6.03. The van der Waals surface area contributed by atoms with Gasteiger partial charge in [-0.2, -0.15) is 5.10 Å². The zero-order chi connectivity index (χ0) is 10.8. The van der Waals surface area contributed by atoms with Gasteiger partial charge in [-0.15, -0.1) is 0 Å². The van der Waals surface area contributed by atoms with E-state index in [0.29, 0.717) is 12.1 Å². The standard InChI is InChI=1S/C12H21N3/c1-4-13-11-6-5-7-12-10(11)8-14-15(12)9(2)3/h8-9,11,13H,4-7H2,1-3H3. The predicted octanol–water partition coefficient (Wildman–Crippen LogP) is 2.45. The van der Waals surface area contributed by atoms with Gasteiger partial charge in [-0.3, -0.25) is 4.68 Å². The molecule has 3 heteroatoms. The Labute approximate surface area is 91.9 Å². The Hall–Kier alpha value is -0.830. The van der Waals surface area contributed by atoms with Crippen LogP contribution in [-0.4, -0.2) is 16.3 Å². The summed E-state index contributed by atoms with van der Waals surface area (Å²) in [6.45, 7) is 7.60. The highest BCUT2D eigenvalue weighted by atomic mass is 15.3. The monoisotopic (exact) mass is 207 g/mol. The van der Waals surface area contributed by atoms with Gasteiger partial charge in [0.2, 0.25) is 0 Å². The van der Waals surface area contributed by atoms with Gasteiger partial charge < -0.3 is 5.32 Å². The summed E-state index contributed by atoms with van der Waals surface area (Å²) in [5.41, 5.74) is 2.87. The van der Waals surface area contributed by atoms with Crippen LogP contribution in [0.2, 0.25) is 0 Å². The number of fused-ring (bicyclic) bond motifs is 1. The molecule has 1 unspecified atom stereocenters. The van der Waals surface area contributed by atoms with Crippen molar-refractivity contribution in [1.82, 2.24) is 15.1 Å². The smallest absolute Gasteiger partial charge is 0.0540 e. The molecule has 1 N–H and O–H groups in total. The number of rotatable bonds is 3. The Bertz CT molecular complexity index is 328. The summed E-state index contributed by atoms with van der Waals surface area (Å²) in [6, 6.07) is 1.01. The lowest BCUT2D eigenvalue weighted by atomic mass is 9.93. The van der Waals surface area contributed by atoms with Crippen LogP contribution >= 0.6 is 0 Å². The fourth-order valence-corrected chi connectivity index (χ4v) is 2.48. The molecule has 0 aromatic carbocycles. The third kappa shape index (κ3) is 1.93. The van der Waals surface area contributed by atoms with Crippen LogP contribution in [0.4, 0.5) is 0 Å². The van der Waals surface area contributed by atoms with E-state index in [1.165, 1.54) is 30.5 Å². The SMILES string of the molecule is CCNC1CCCc2c1cnn2C(C)C. The van der Waals surface area contributed by atoms with Crippen LogP contribution in [0.1, 0.15) is 57.0 Å². The molecule has 0 spiro atoms. The molecule has 15 heavy (non-hydrogen) atoms. The maximum absolute atomic E-state index is 4.51. The molecule has 1 aliphatic rings. The fourth-order valence-electron chi connectivity index (χ4n) is 2.48. The highest BCUT2D eigenvalue weighted by Gasteiger charge is 2.23. The maximum atomic E-state index is 4.51. The summed E-state index contributed by atoms with van der Waals surface area (Å²) >= 11 is 0. The quantitative estimate of drug-likeness (QED) is 0.825. The molecule has 0 saturated heterocycles. The maximum Gasteiger partial charge on any atom is 0.0540 e. The second-order valence-corrected chi connectivity index (χ2v) is 4.59. The molecule has 0 radical (unpaired) electrons. The van der Waals surface area contributed by atoms with E-state index in [1.54, 1.807) is 0 Å². The molecule has 3 nitrogen and oxygen atoms in total. The molecule has 1 heterocycles. The number of nitrogens with zero attached hydrogens (tertiary/aromatic N) is 2. The van der Waals surface area contributed by atoms with E-state index in [0.717, 1.165) is 6.54 Å². The van der Waals surface area contributed by atoms with E-state index in [-0.39, 0.29) is 0 Å². The third-order valence-electron chi connectivity index (χ3n) is 3.15. The number of aromatic nitrogens is 2. The molecule has 0 amide bonds. The van der Waals surface area contributed by atoms with Crippen molar-refractivity contribution in [2.24, 2.45) is 0 Å². The first-order valence-electron chi connectivity index (χ1n) is 6.03. The molecule has 84 valence electrons. The van der Waals surface area contributed by atoms with Gasteiger partial charge in [0, 0.05) is 23.3 Å². The van der Waals surface area contributed by atoms with Crippen molar-refractivity contribution in [3.63, 3.8) is 0 Å². The number of hydrogen-bond acceptors (Lipinski definition) is 2. The van der Waals surface area contributed by atoms with E-state index >= 15 is 0 Å². The van der Waals surface area contributed by atoms with Gasteiger partial charge in [0.1, 0.15) is 0 Å². The third-order valence-corrected chi connectivity index (χ3v) is 3.15. The first kappa shape index (κ1) is 10.7. The van der Waals surface area contributed by atoms with Crippen molar-refractivity contribution in [2.75, 3.05) is 6.54 Å². The Balaban J connectivity index is 2.29. The molecule has 1 aromatic rings. The second kappa shape index (κ2) is 4.35. The van der Waals surface area contributed by atoms with Crippen LogP contribution in [-0.2, 0) is 6.42 Å². The minimum atomic E-state index is 0.481. The minimum Gasteiger partial charge on any atom is -0.310 e. The zero-order valence-corrected chi connectivity index (χ0v) is 9.95. The van der Waals surface area contributed by atoms with E-state index < -0.39 is 0 Å². The lowest BCUT2D eigenvalue weighted by molar-refractivity contribution is 0.443. The fraction of sp³-hybridized carbons (Fsp3) is 0.750. The summed E-state index contributed by atoms with van der Waals surface area (Å²) in [5.74, 6) is 0. The lowest BCUT2D eigenvalue weighted by Gasteiger charge is -2.24. The van der Waals surface area contributed by atoms with E-state index in [9.17, 15) is 0 Å². The van der Waals surface area contributed by atoms with Crippen LogP contribution in [0, 0.1) is 0 Å². The van der Waals surface area contributed by atoms with Gasteiger partial charge >= 0.3 is 0 Å². The van der Waals surface area contributed by atoms with Gasteiger partial charge in [-0.1, -0.05) is 6.92 Å². The topological polar surface area (TPSA) is 29.9 Å². The van der Waals surface area contributed by atoms with Crippen LogP contribution < -0.4 is 5.32 Å². The average Bonchev–Trinajstić information content (AvgIpc) is 2.62. The molecule has 1 aromatic heterocycles. The number of nitrogens with one attached hydrogen (secondary N) is 1. The summed E-state index contributed by atoms with van der Waals surface area (Å²) in [7, 11) is 0. The molecule has 0 aliphatic heterocycles. The van der Waals surface area contributed by atoms with Gasteiger partial charge in [-0.05, 0) is 39.7 Å². The van der Waals surface area contributed by atoms with Gasteiger partial charge in [0.15, 0.2) is 0 Å². The summed E-state index contributed by atoms with van der Waals surface area (Å²) in [4.78, 5) is 0. The van der Waals surface area contributed by atoms with Crippen molar-refractivity contribution in [2.45, 2.75) is 52.1 Å². The second-order valence-electron chi connectivity index (χ2n) is 4.59. The van der Waals surface area contributed by atoms with E-state index in [1.807, 2.05) is 0 Å². The molecule has 2 rings (SSSR count). The molecule has 1 atom stereocenters. The lowest BCUT2D eigenvalue weighted by Crippen LogP contribution is -2.25. The molecule has 0 bridgehead atoms.